The van der Waals surface area contributed by atoms with Gasteiger partial charge < -0.3 is 16.4 Å². The van der Waals surface area contributed by atoms with E-state index in [1.807, 2.05) is 0 Å². The Kier molecular flexibility index (Phi) is 6.52. The topological polar surface area (TPSA) is 97.1 Å². The van der Waals surface area contributed by atoms with Crippen molar-refractivity contribution in [2.75, 3.05) is 19.6 Å². The molecule has 1 aromatic carbocycles. The zero-order valence-electron chi connectivity index (χ0n) is 12.3. The number of halogens is 1. The van der Waals surface area contributed by atoms with Gasteiger partial charge in [-0.15, -0.1) is 11.3 Å². The lowest BCUT2D eigenvalue weighted by Gasteiger charge is -2.07. The van der Waals surface area contributed by atoms with Gasteiger partial charge in [-0.2, -0.15) is 0 Å². The third kappa shape index (κ3) is 5.02. The first kappa shape index (κ1) is 17.4. The number of hydrogen-bond acceptors (Lipinski definition) is 5. The fourth-order valence-electron chi connectivity index (χ4n) is 1.84. The highest BCUT2D eigenvalue weighted by atomic mass is 35.5. The van der Waals surface area contributed by atoms with Crippen molar-refractivity contribution in [2.24, 2.45) is 5.73 Å². The molecular formula is C15H17ClN4O2S. The summed E-state index contributed by atoms with van der Waals surface area (Å²) in [5.41, 5.74) is 6.23. The molecule has 4 N–H and O–H groups in total. The molecule has 2 aromatic rings. The van der Waals surface area contributed by atoms with Crippen LogP contribution in [0, 0.1) is 0 Å². The number of hydrogen-bond donors (Lipinski definition) is 3. The zero-order valence-corrected chi connectivity index (χ0v) is 13.9. The smallest absolute Gasteiger partial charge is 0.270 e. The Morgan fingerprint density at radius 3 is 2.57 bits per heavy atom. The number of rotatable bonds is 7. The van der Waals surface area contributed by atoms with Crippen LogP contribution < -0.4 is 16.4 Å². The highest BCUT2D eigenvalue weighted by molar-refractivity contribution is 7.09. The first-order valence-corrected chi connectivity index (χ1v) is 8.33. The maximum Gasteiger partial charge on any atom is 0.270 e. The molecule has 0 radical (unpaired) electrons. The maximum absolute atomic E-state index is 11.9. The number of carbonyl (C=O) groups excluding carboxylic acids is 2. The van der Waals surface area contributed by atoms with Crippen LogP contribution >= 0.6 is 22.9 Å². The molecule has 1 heterocycles. The van der Waals surface area contributed by atoms with Crippen molar-refractivity contribution in [3.63, 3.8) is 0 Å². The van der Waals surface area contributed by atoms with Crippen molar-refractivity contribution < 1.29 is 9.59 Å². The number of benzene rings is 1. The molecule has 8 heteroatoms. The molecule has 0 unspecified atom stereocenters. The average molecular weight is 353 g/mol. The van der Waals surface area contributed by atoms with Gasteiger partial charge in [0.15, 0.2) is 0 Å². The van der Waals surface area contributed by atoms with E-state index >= 15 is 0 Å². The largest absolute Gasteiger partial charge is 0.350 e. The summed E-state index contributed by atoms with van der Waals surface area (Å²) in [5.74, 6) is -0.541. The molecule has 2 amide bonds. The molecule has 0 atom stereocenters. The van der Waals surface area contributed by atoms with Gasteiger partial charge in [0, 0.05) is 24.9 Å². The first-order chi connectivity index (χ1) is 11.1. The number of aromatic nitrogens is 1. The molecule has 0 saturated carbocycles. The van der Waals surface area contributed by atoms with Gasteiger partial charge in [-0.05, 0) is 18.7 Å². The minimum atomic E-state index is -0.274. The lowest BCUT2D eigenvalue weighted by atomic mass is 10.2. The number of nitrogens with two attached hydrogens (primary N) is 1. The van der Waals surface area contributed by atoms with Crippen LogP contribution in [0.5, 0.6) is 0 Å². The van der Waals surface area contributed by atoms with Gasteiger partial charge in [-0.3, -0.25) is 9.59 Å². The van der Waals surface area contributed by atoms with Crippen LogP contribution in [0.4, 0.5) is 0 Å². The lowest BCUT2D eigenvalue weighted by molar-refractivity contribution is 0.0925. The number of amides is 2. The van der Waals surface area contributed by atoms with Crippen LogP contribution in [-0.2, 0) is 6.42 Å². The summed E-state index contributed by atoms with van der Waals surface area (Å²) in [6.45, 7) is 1.11. The van der Waals surface area contributed by atoms with E-state index in [0.717, 1.165) is 5.01 Å². The Balaban J connectivity index is 1.75. The molecule has 0 aliphatic carbocycles. The third-order valence-electron chi connectivity index (χ3n) is 2.96. The minimum absolute atomic E-state index is 0.267. The van der Waals surface area contributed by atoms with E-state index in [1.54, 1.807) is 29.6 Å². The molecule has 0 aliphatic heterocycles. The standard InChI is InChI=1S/C15H17ClN4O2S/c16-11-4-2-1-3-10(11)14(21)18-7-8-19-15(22)12-9-23-13(20-12)5-6-17/h1-4,9H,5-8,17H2,(H,18,21)(H,19,22). The summed E-state index contributed by atoms with van der Waals surface area (Å²) in [5, 5.41) is 8.33. The van der Waals surface area contributed by atoms with Gasteiger partial charge in [-0.1, -0.05) is 23.7 Å². The predicted octanol–water partition coefficient (Wildman–Crippen LogP) is 1.46. The van der Waals surface area contributed by atoms with Crippen LogP contribution in [-0.4, -0.2) is 36.4 Å². The van der Waals surface area contributed by atoms with Crippen LogP contribution in [0.25, 0.3) is 0 Å². The van der Waals surface area contributed by atoms with Gasteiger partial charge in [0.1, 0.15) is 5.69 Å². The van der Waals surface area contributed by atoms with Crippen molar-refractivity contribution in [3.05, 3.63) is 50.9 Å². The second kappa shape index (κ2) is 8.61. The minimum Gasteiger partial charge on any atom is -0.350 e. The molecule has 23 heavy (non-hydrogen) atoms. The predicted molar refractivity (Wildman–Crippen MR) is 91.0 cm³/mol. The molecule has 1 aromatic heterocycles. The van der Waals surface area contributed by atoms with E-state index in [1.165, 1.54) is 11.3 Å². The normalized spacial score (nSPS) is 10.3. The Hall–Kier alpha value is -1.96. The van der Waals surface area contributed by atoms with Gasteiger partial charge in [0.25, 0.3) is 11.8 Å². The molecule has 6 nitrogen and oxygen atoms in total. The second-order valence-corrected chi connectivity index (χ2v) is 6.01. The molecule has 0 fully saturated rings. The van der Waals surface area contributed by atoms with Gasteiger partial charge in [-0.25, -0.2) is 4.98 Å². The first-order valence-electron chi connectivity index (χ1n) is 7.07. The van der Waals surface area contributed by atoms with E-state index in [4.69, 9.17) is 17.3 Å². The molecule has 122 valence electrons. The SMILES string of the molecule is NCCc1nc(C(=O)NCCNC(=O)c2ccccc2Cl)cs1. The summed E-state index contributed by atoms with van der Waals surface area (Å²) >= 11 is 7.35. The fourth-order valence-corrected chi connectivity index (χ4v) is 2.85. The zero-order chi connectivity index (χ0) is 16.7. The van der Waals surface area contributed by atoms with E-state index in [9.17, 15) is 9.59 Å². The Morgan fingerprint density at radius 2 is 1.87 bits per heavy atom. The van der Waals surface area contributed by atoms with E-state index in [0.29, 0.717) is 42.3 Å². The molecule has 0 spiro atoms. The molecule has 0 aliphatic rings. The van der Waals surface area contributed by atoms with Crippen LogP contribution in [0.2, 0.25) is 5.02 Å². The number of nitrogens with one attached hydrogen (secondary N) is 2. The molecule has 2 rings (SSSR count). The highest BCUT2D eigenvalue weighted by Crippen LogP contribution is 2.14. The average Bonchev–Trinajstić information content (AvgIpc) is 3.01. The number of thiazole rings is 1. The van der Waals surface area contributed by atoms with Gasteiger partial charge >= 0.3 is 0 Å². The Morgan fingerprint density at radius 1 is 1.17 bits per heavy atom. The lowest BCUT2D eigenvalue weighted by Crippen LogP contribution is -2.34. The van der Waals surface area contributed by atoms with Crippen LogP contribution in [0.3, 0.4) is 0 Å². The van der Waals surface area contributed by atoms with E-state index in [2.05, 4.69) is 15.6 Å². The van der Waals surface area contributed by atoms with E-state index < -0.39 is 0 Å². The van der Waals surface area contributed by atoms with Gasteiger partial charge in [0.2, 0.25) is 0 Å². The van der Waals surface area contributed by atoms with Gasteiger partial charge in [0.05, 0.1) is 15.6 Å². The summed E-state index contributed by atoms with van der Waals surface area (Å²) in [6.07, 6.45) is 0.659. The summed E-state index contributed by atoms with van der Waals surface area (Å²) in [6, 6.07) is 6.79. The fraction of sp³-hybridized carbons (Fsp3) is 0.267. The van der Waals surface area contributed by atoms with Crippen LogP contribution in [0.1, 0.15) is 25.9 Å². The molecule has 0 saturated heterocycles. The monoisotopic (exact) mass is 352 g/mol. The van der Waals surface area contributed by atoms with E-state index in [-0.39, 0.29) is 11.8 Å². The highest BCUT2D eigenvalue weighted by Gasteiger charge is 2.11. The van der Waals surface area contributed by atoms with Crippen molar-refractivity contribution in [1.29, 1.82) is 0 Å². The molecular weight excluding hydrogens is 336 g/mol. The summed E-state index contributed by atoms with van der Waals surface area (Å²) in [7, 11) is 0. The number of nitrogens with zero attached hydrogens (tertiary/aromatic N) is 1. The van der Waals surface area contributed by atoms with Crippen molar-refractivity contribution in [3.8, 4) is 0 Å². The van der Waals surface area contributed by atoms with Crippen LogP contribution in [0.15, 0.2) is 29.6 Å². The maximum atomic E-state index is 11.9. The quantitative estimate of drug-likeness (QED) is 0.657. The summed E-state index contributed by atoms with van der Waals surface area (Å²) < 4.78 is 0. The van der Waals surface area contributed by atoms with Crippen molar-refractivity contribution >= 4 is 34.8 Å². The Labute approximate surface area is 143 Å². The van der Waals surface area contributed by atoms with Crippen molar-refractivity contribution in [1.82, 2.24) is 15.6 Å². The van der Waals surface area contributed by atoms with Crippen molar-refractivity contribution in [2.45, 2.75) is 6.42 Å². The number of carbonyl (C=O) groups is 2. The Bertz CT molecular complexity index is 690. The summed E-state index contributed by atoms with van der Waals surface area (Å²) in [4.78, 5) is 28.0. The third-order valence-corrected chi connectivity index (χ3v) is 4.20. The molecule has 0 bridgehead atoms. The second-order valence-electron chi connectivity index (χ2n) is 4.66.